The van der Waals surface area contributed by atoms with Gasteiger partial charge in [-0.15, -0.1) is 0 Å². The fourth-order valence-electron chi connectivity index (χ4n) is 13.3. The zero-order valence-corrected chi connectivity index (χ0v) is 32.6. The lowest BCUT2D eigenvalue weighted by Crippen LogP contribution is -2.66. The summed E-state index contributed by atoms with van der Waals surface area (Å²) >= 11 is 0. The van der Waals surface area contributed by atoms with Gasteiger partial charge in [-0.2, -0.15) is 0 Å². The average molecular weight is 735 g/mol. The van der Waals surface area contributed by atoms with Gasteiger partial charge in [0.1, 0.15) is 36.6 Å². The molecule has 0 radical (unpaired) electrons. The molecule has 6 N–H and O–H groups in total. The van der Waals surface area contributed by atoms with Crippen LogP contribution in [0.15, 0.2) is 11.6 Å². The van der Waals surface area contributed by atoms with E-state index in [1.165, 1.54) is 5.57 Å². The Hall–Kier alpha value is -1.15. The summed E-state index contributed by atoms with van der Waals surface area (Å²) in [7, 11) is 0. The summed E-state index contributed by atoms with van der Waals surface area (Å²) in [6.45, 7) is 18.1. The number of carboxylic acids is 1. The number of aliphatic hydroxyl groups is 5. The highest BCUT2D eigenvalue weighted by Crippen LogP contribution is 2.76. The first-order valence-corrected chi connectivity index (χ1v) is 20.1. The van der Waals surface area contributed by atoms with E-state index in [1.807, 2.05) is 0 Å². The molecule has 6 fully saturated rings. The van der Waals surface area contributed by atoms with Gasteiger partial charge in [0.15, 0.2) is 12.6 Å². The predicted molar refractivity (Wildman–Crippen MR) is 191 cm³/mol. The Bertz CT molecular complexity index is 1410. The fraction of sp³-hybridized carbons (Fsp3) is 0.927. The van der Waals surface area contributed by atoms with Crippen LogP contribution in [0.3, 0.4) is 0 Å². The van der Waals surface area contributed by atoms with Crippen molar-refractivity contribution in [3.8, 4) is 0 Å². The lowest BCUT2D eigenvalue weighted by atomic mass is 9.33. The number of hydrogen-bond donors (Lipinski definition) is 6. The first kappa shape index (κ1) is 39.1. The summed E-state index contributed by atoms with van der Waals surface area (Å²) in [4.78, 5) is 13.0. The second kappa shape index (κ2) is 12.9. The van der Waals surface area contributed by atoms with Gasteiger partial charge in [-0.1, -0.05) is 60.1 Å². The molecular weight excluding hydrogens is 668 g/mol. The summed E-state index contributed by atoms with van der Waals surface area (Å²) in [5, 5.41) is 63.5. The molecule has 2 heterocycles. The van der Waals surface area contributed by atoms with Crippen molar-refractivity contribution in [2.24, 2.45) is 50.2 Å². The second-order valence-electron chi connectivity index (χ2n) is 20.2. The van der Waals surface area contributed by atoms with Crippen molar-refractivity contribution in [2.75, 3.05) is 6.61 Å². The Morgan fingerprint density at radius 2 is 1.48 bits per heavy atom. The van der Waals surface area contributed by atoms with E-state index >= 15 is 0 Å². The Kier molecular flexibility index (Phi) is 9.74. The van der Waals surface area contributed by atoms with Crippen molar-refractivity contribution >= 4 is 5.97 Å². The second-order valence-corrected chi connectivity index (χ2v) is 20.2. The number of allylic oxidation sites excluding steroid dienone is 2. The summed E-state index contributed by atoms with van der Waals surface area (Å²) in [5.41, 5.74) is 0.566. The first-order valence-electron chi connectivity index (χ1n) is 20.1. The van der Waals surface area contributed by atoms with Gasteiger partial charge in [0.2, 0.25) is 0 Å². The van der Waals surface area contributed by atoms with Crippen LogP contribution in [-0.4, -0.2) is 105 Å². The van der Waals surface area contributed by atoms with E-state index in [1.54, 1.807) is 6.92 Å². The van der Waals surface area contributed by atoms with Crippen molar-refractivity contribution in [1.82, 2.24) is 0 Å². The molecule has 0 amide bonds. The van der Waals surface area contributed by atoms with Gasteiger partial charge < -0.3 is 49.6 Å². The highest BCUT2D eigenvalue weighted by molar-refractivity contribution is 5.76. The zero-order chi connectivity index (χ0) is 38.0. The molecule has 5 aliphatic carbocycles. The van der Waals surface area contributed by atoms with Crippen LogP contribution >= 0.6 is 0 Å². The number of hydrogen-bond acceptors (Lipinski definition) is 10. The Morgan fingerprint density at radius 1 is 0.788 bits per heavy atom. The van der Waals surface area contributed by atoms with Gasteiger partial charge in [0.05, 0.1) is 24.2 Å². The quantitative estimate of drug-likeness (QED) is 0.173. The lowest BCUT2D eigenvalue weighted by Gasteiger charge is -2.71. The minimum Gasteiger partial charge on any atom is -0.481 e. The molecule has 0 bridgehead atoms. The summed E-state index contributed by atoms with van der Waals surface area (Å²) in [6, 6.07) is 0. The number of ether oxygens (including phenoxy) is 4. The van der Waals surface area contributed by atoms with Crippen molar-refractivity contribution in [3.63, 3.8) is 0 Å². The maximum atomic E-state index is 13.0. The van der Waals surface area contributed by atoms with Crippen LogP contribution in [0.25, 0.3) is 0 Å². The van der Waals surface area contributed by atoms with Gasteiger partial charge in [-0.3, -0.25) is 4.79 Å². The molecule has 4 saturated carbocycles. The van der Waals surface area contributed by atoms with Crippen molar-refractivity contribution in [2.45, 2.75) is 181 Å². The SMILES string of the molecule is CC1OC(OC2CCC3(C)C(CCC4(C)C3CC=C3C5CC(C)(C)CCC5(C(=O)O)CCC34C)C2(C)C)C(OC2OCC(O)C(O)C2O)C(O)C1O. The highest BCUT2D eigenvalue weighted by Gasteiger charge is 2.69. The molecule has 0 aromatic carbocycles. The third-order valence-electron chi connectivity index (χ3n) is 16.8. The average Bonchev–Trinajstić information content (AvgIpc) is 3.06. The van der Waals surface area contributed by atoms with Crippen LogP contribution in [0.2, 0.25) is 0 Å². The molecule has 296 valence electrons. The van der Waals surface area contributed by atoms with Crippen LogP contribution in [0.5, 0.6) is 0 Å². The van der Waals surface area contributed by atoms with E-state index in [-0.39, 0.29) is 45.7 Å². The molecule has 52 heavy (non-hydrogen) atoms. The Morgan fingerprint density at radius 3 is 2.17 bits per heavy atom. The minimum absolute atomic E-state index is 0.0118. The number of aliphatic hydroxyl groups excluding tert-OH is 5. The monoisotopic (exact) mass is 734 g/mol. The van der Waals surface area contributed by atoms with Gasteiger partial charge >= 0.3 is 5.97 Å². The molecule has 7 rings (SSSR count). The smallest absolute Gasteiger partial charge is 0.310 e. The van der Waals surface area contributed by atoms with Gasteiger partial charge in [-0.25, -0.2) is 0 Å². The van der Waals surface area contributed by atoms with Crippen LogP contribution in [-0.2, 0) is 23.7 Å². The van der Waals surface area contributed by atoms with Crippen molar-refractivity contribution in [3.05, 3.63) is 11.6 Å². The molecule has 0 aromatic rings. The fourth-order valence-corrected chi connectivity index (χ4v) is 13.3. The first-order chi connectivity index (χ1) is 24.1. The Labute approximate surface area is 309 Å². The lowest BCUT2D eigenvalue weighted by molar-refractivity contribution is -0.367. The normalized spacial score (nSPS) is 54.1. The van der Waals surface area contributed by atoms with Gasteiger partial charge in [0, 0.05) is 0 Å². The summed E-state index contributed by atoms with van der Waals surface area (Å²) in [5.74, 6) is 0.213. The van der Waals surface area contributed by atoms with Crippen LogP contribution in [0, 0.1) is 50.2 Å². The third-order valence-corrected chi connectivity index (χ3v) is 16.8. The van der Waals surface area contributed by atoms with Crippen molar-refractivity contribution < 1.29 is 54.4 Å². The highest BCUT2D eigenvalue weighted by atomic mass is 16.8. The van der Waals surface area contributed by atoms with Crippen LogP contribution in [0.1, 0.15) is 120 Å². The number of carbonyl (C=O) groups is 1. The van der Waals surface area contributed by atoms with Crippen LogP contribution in [0.4, 0.5) is 0 Å². The summed E-state index contributed by atoms with van der Waals surface area (Å²) in [6.07, 6.45) is -0.167. The molecule has 11 nitrogen and oxygen atoms in total. The minimum atomic E-state index is -1.57. The maximum absolute atomic E-state index is 13.0. The molecule has 17 atom stereocenters. The van der Waals surface area contributed by atoms with Crippen molar-refractivity contribution in [1.29, 1.82) is 0 Å². The van der Waals surface area contributed by atoms with E-state index in [0.717, 1.165) is 64.2 Å². The van der Waals surface area contributed by atoms with Gasteiger partial charge in [-0.05, 0) is 116 Å². The van der Waals surface area contributed by atoms with E-state index < -0.39 is 66.7 Å². The molecule has 17 unspecified atom stereocenters. The standard InChI is InChI=1S/C41H66O11/c1-21-28(43)30(45)32(52-33-31(46)29(44)24(42)20-49-33)34(50-21)51-27-12-13-38(6)25(37(27,4)5)11-14-40(8)26(38)10-9-22-23-19-36(2,3)15-17-41(23,35(47)48)18-16-39(22,40)7/h9,21,23-34,42-46H,10-20H2,1-8H3,(H,47,48). The molecule has 0 aromatic heterocycles. The zero-order valence-electron chi connectivity index (χ0n) is 32.6. The van der Waals surface area contributed by atoms with E-state index in [2.05, 4.69) is 54.5 Å². The molecule has 2 saturated heterocycles. The number of aliphatic carboxylic acids is 1. The molecular formula is C41H66O11. The maximum Gasteiger partial charge on any atom is 0.310 e. The molecule has 0 spiro atoms. The van der Waals surface area contributed by atoms with Gasteiger partial charge in [0.25, 0.3) is 0 Å². The van der Waals surface area contributed by atoms with E-state index in [0.29, 0.717) is 11.8 Å². The predicted octanol–water partition coefficient (Wildman–Crippen LogP) is 4.55. The number of fused-ring (bicyclic) bond motifs is 7. The topological polar surface area (TPSA) is 175 Å². The summed E-state index contributed by atoms with van der Waals surface area (Å²) < 4.78 is 24.5. The molecule has 11 heteroatoms. The van der Waals surface area contributed by atoms with E-state index in [4.69, 9.17) is 18.9 Å². The largest absolute Gasteiger partial charge is 0.481 e. The number of carboxylic acid groups (broad SMARTS) is 1. The number of rotatable bonds is 5. The van der Waals surface area contributed by atoms with E-state index in [9.17, 15) is 35.4 Å². The third kappa shape index (κ3) is 5.64. The molecule has 2 aliphatic heterocycles. The molecule has 7 aliphatic rings. The Balaban J connectivity index is 1.14. The van der Waals surface area contributed by atoms with Crippen LogP contribution < -0.4 is 0 Å².